The molecule has 0 aliphatic carbocycles. The summed E-state index contributed by atoms with van der Waals surface area (Å²) in [6.07, 6.45) is -0.495. The first kappa shape index (κ1) is 15.5. The van der Waals surface area contributed by atoms with Crippen LogP contribution in [0, 0.1) is 5.82 Å². The summed E-state index contributed by atoms with van der Waals surface area (Å²) >= 11 is 1.53. The number of benzene rings is 1. The summed E-state index contributed by atoms with van der Waals surface area (Å²) in [5.74, 6) is -0.305. The Labute approximate surface area is 127 Å². The zero-order valence-electron chi connectivity index (χ0n) is 12.2. The van der Waals surface area contributed by atoms with E-state index in [2.05, 4.69) is 5.32 Å². The maximum absolute atomic E-state index is 13.1. The van der Waals surface area contributed by atoms with Gasteiger partial charge in [0, 0.05) is 4.88 Å². The van der Waals surface area contributed by atoms with Crippen molar-refractivity contribution >= 4 is 17.4 Å². The van der Waals surface area contributed by atoms with Gasteiger partial charge < -0.3 is 10.1 Å². The smallest absolute Gasteiger partial charge is 0.408 e. The standard InChI is InChI=1S/C16H18FNO2S/c1-16(2,3)20-15(19)18-14(13-5-4-10-21-13)11-6-8-12(17)9-7-11/h4-10,14H,1-3H3,(H,18,19). The number of alkyl carbamates (subject to hydrolysis) is 1. The van der Waals surface area contributed by atoms with Crippen LogP contribution in [0.25, 0.3) is 0 Å². The minimum Gasteiger partial charge on any atom is -0.444 e. The predicted octanol–water partition coefficient (Wildman–Crippen LogP) is 4.50. The molecule has 1 aromatic carbocycles. The Kier molecular flexibility index (Phi) is 4.63. The number of rotatable bonds is 3. The molecule has 1 atom stereocenters. The summed E-state index contributed by atoms with van der Waals surface area (Å²) < 4.78 is 18.4. The fourth-order valence-electron chi connectivity index (χ4n) is 1.85. The molecule has 0 spiro atoms. The van der Waals surface area contributed by atoms with Gasteiger partial charge in [-0.2, -0.15) is 0 Å². The second-order valence-corrected chi connectivity index (χ2v) is 6.63. The summed E-state index contributed by atoms with van der Waals surface area (Å²) in [6.45, 7) is 5.43. The summed E-state index contributed by atoms with van der Waals surface area (Å²) in [5.41, 5.74) is 0.247. The number of ether oxygens (including phenoxy) is 1. The van der Waals surface area contributed by atoms with Gasteiger partial charge in [0.1, 0.15) is 11.4 Å². The molecule has 1 aromatic heterocycles. The third-order valence-electron chi connectivity index (χ3n) is 2.69. The van der Waals surface area contributed by atoms with Crippen molar-refractivity contribution in [1.82, 2.24) is 5.32 Å². The summed E-state index contributed by atoms with van der Waals surface area (Å²) in [4.78, 5) is 13.0. The van der Waals surface area contributed by atoms with Gasteiger partial charge >= 0.3 is 6.09 Å². The van der Waals surface area contributed by atoms with Gasteiger partial charge in [0.25, 0.3) is 0 Å². The highest BCUT2D eigenvalue weighted by Crippen LogP contribution is 2.26. The van der Waals surface area contributed by atoms with Crippen LogP contribution in [0.4, 0.5) is 9.18 Å². The van der Waals surface area contributed by atoms with Crippen LogP contribution in [-0.4, -0.2) is 11.7 Å². The van der Waals surface area contributed by atoms with Crippen molar-refractivity contribution < 1.29 is 13.9 Å². The zero-order chi connectivity index (χ0) is 15.5. The zero-order valence-corrected chi connectivity index (χ0v) is 13.0. The largest absolute Gasteiger partial charge is 0.444 e. The Balaban J connectivity index is 2.22. The van der Waals surface area contributed by atoms with E-state index >= 15 is 0 Å². The average molecular weight is 307 g/mol. The van der Waals surface area contributed by atoms with Gasteiger partial charge in [-0.15, -0.1) is 11.3 Å². The fourth-order valence-corrected chi connectivity index (χ4v) is 2.66. The minimum absolute atomic E-state index is 0.305. The number of hydrogen-bond acceptors (Lipinski definition) is 3. The topological polar surface area (TPSA) is 38.3 Å². The molecular formula is C16H18FNO2S. The molecular weight excluding hydrogens is 289 g/mol. The van der Waals surface area contributed by atoms with Crippen molar-refractivity contribution in [2.24, 2.45) is 0 Å². The number of amides is 1. The summed E-state index contributed by atoms with van der Waals surface area (Å²) in [5, 5.41) is 4.77. The molecule has 3 nitrogen and oxygen atoms in total. The first-order chi connectivity index (χ1) is 9.85. The van der Waals surface area contributed by atoms with Crippen LogP contribution in [-0.2, 0) is 4.74 Å². The summed E-state index contributed by atoms with van der Waals surface area (Å²) in [6, 6.07) is 9.58. The average Bonchev–Trinajstić information content (AvgIpc) is 2.88. The maximum atomic E-state index is 13.1. The van der Waals surface area contributed by atoms with E-state index in [0.717, 1.165) is 10.4 Å². The summed E-state index contributed by atoms with van der Waals surface area (Å²) in [7, 11) is 0. The molecule has 112 valence electrons. The lowest BCUT2D eigenvalue weighted by Crippen LogP contribution is -2.35. The molecule has 0 fully saturated rings. The quantitative estimate of drug-likeness (QED) is 0.906. The molecule has 0 radical (unpaired) electrons. The van der Waals surface area contributed by atoms with Gasteiger partial charge in [-0.05, 0) is 49.9 Å². The molecule has 0 saturated heterocycles. The second-order valence-electron chi connectivity index (χ2n) is 5.65. The molecule has 0 saturated carbocycles. The number of hydrogen-bond donors (Lipinski definition) is 1. The van der Waals surface area contributed by atoms with Crippen molar-refractivity contribution in [2.45, 2.75) is 32.4 Å². The SMILES string of the molecule is CC(C)(C)OC(=O)NC(c1ccc(F)cc1)c1cccs1. The van der Waals surface area contributed by atoms with E-state index in [4.69, 9.17) is 4.74 Å². The highest BCUT2D eigenvalue weighted by Gasteiger charge is 2.22. The van der Waals surface area contributed by atoms with Crippen molar-refractivity contribution in [3.8, 4) is 0 Å². The van der Waals surface area contributed by atoms with Crippen LogP contribution in [0.3, 0.4) is 0 Å². The molecule has 1 N–H and O–H groups in total. The van der Waals surface area contributed by atoms with E-state index in [0.29, 0.717) is 0 Å². The Morgan fingerprint density at radius 1 is 1.24 bits per heavy atom. The van der Waals surface area contributed by atoms with Crippen molar-refractivity contribution in [3.63, 3.8) is 0 Å². The van der Waals surface area contributed by atoms with E-state index < -0.39 is 11.7 Å². The van der Waals surface area contributed by atoms with E-state index in [1.54, 1.807) is 12.1 Å². The first-order valence-corrected chi connectivity index (χ1v) is 7.51. The second kappa shape index (κ2) is 6.26. The van der Waals surface area contributed by atoms with Gasteiger partial charge in [-0.25, -0.2) is 9.18 Å². The molecule has 1 heterocycles. The molecule has 2 aromatic rings. The highest BCUT2D eigenvalue weighted by molar-refractivity contribution is 7.10. The molecule has 0 aliphatic heterocycles. The molecule has 5 heteroatoms. The number of carbonyl (C=O) groups is 1. The Morgan fingerprint density at radius 3 is 2.43 bits per heavy atom. The van der Waals surface area contributed by atoms with E-state index in [9.17, 15) is 9.18 Å². The minimum atomic E-state index is -0.563. The van der Waals surface area contributed by atoms with Crippen LogP contribution in [0.15, 0.2) is 41.8 Å². The molecule has 0 aliphatic rings. The van der Waals surface area contributed by atoms with Gasteiger partial charge in [0.2, 0.25) is 0 Å². The third-order valence-corrected chi connectivity index (χ3v) is 3.63. The lowest BCUT2D eigenvalue weighted by atomic mass is 10.1. The maximum Gasteiger partial charge on any atom is 0.408 e. The number of halogens is 1. The van der Waals surface area contributed by atoms with Gasteiger partial charge in [-0.1, -0.05) is 18.2 Å². The van der Waals surface area contributed by atoms with E-state index in [1.165, 1.54) is 23.5 Å². The van der Waals surface area contributed by atoms with Gasteiger partial charge in [0.05, 0.1) is 6.04 Å². The number of carbonyl (C=O) groups excluding carboxylic acids is 1. The van der Waals surface area contributed by atoms with Crippen LogP contribution in [0.1, 0.15) is 37.3 Å². The molecule has 21 heavy (non-hydrogen) atoms. The molecule has 0 bridgehead atoms. The van der Waals surface area contributed by atoms with Crippen molar-refractivity contribution in [2.75, 3.05) is 0 Å². The normalized spacial score (nSPS) is 12.8. The molecule has 1 unspecified atom stereocenters. The lowest BCUT2D eigenvalue weighted by Gasteiger charge is -2.23. The Hall–Kier alpha value is -1.88. The Morgan fingerprint density at radius 2 is 1.90 bits per heavy atom. The monoisotopic (exact) mass is 307 g/mol. The molecule has 2 rings (SSSR count). The lowest BCUT2D eigenvalue weighted by molar-refractivity contribution is 0.0513. The van der Waals surface area contributed by atoms with Gasteiger partial charge in [-0.3, -0.25) is 0 Å². The molecule has 1 amide bonds. The number of thiophene rings is 1. The first-order valence-electron chi connectivity index (χ1n) is 6.63. The van der Waals surface area contributed by atoms with Gasteiger partial charge in [0.15, 0.2) is 0 Å². The predicted molar refractivity (Wildman–Crippen MR) is 81.9 cm³/mol. The van der Waals surface area contributed by atoms with Crippen LogP contribution in [0.5, 0.6) is 0 Å². The van der Waals surface area contributed by atoms with Crippen LogP contribution in [0.2, 0.25) is 0 Å². The number of nitrogens with one attached hydrogen (secondary N) is 1. The van der Waals surface area contributed by atoms with Crippen molar-refractivity contribution in [3.05, 3.63) is 58.0 Å². The Bertz CT molecular complexity index is 588. The van der Waals surface area contributed by atoms with Crippen molar-refractivity contribution in [1.29, 1.82) is 0 Å². The van der Waals surface area contributed by atoms with E-state index in [-0.39, 0.29) is 11.9 Å². The van der Waals surface area contributed by atoms with Crippen LogP contribution < -0.4 is 5.32 Å². The third kappa shape index (κ3) is 4.56. The van der Waals surface area contributed by atoms with E-state index in [1.807, 2.05) is 38.3 Å². The fraction of sp³-hybridized carbons (Fsp3) is 0.312. The van der Waals surface area contributed by atoms with Crippen LogP contribution >= 0.6 is 11.3 Å². The highest BCUT2D eigenvalue weighted by atomic mass is 32.1.